The Kier molecular flexibility index (Phi) is 3.65. The summed E-state index contributed by atoms with van der Waals surface area (Å²) >= 11 is 0. The van der Waals surface area contributed by atoms with Gasteiger partial charge in [0.05, 0.1) is 11.6 Å². The lowest BCUT2D eigenvalue weighted by atomic mass is 9.87. The number of anilines is 1. The van der Waals surface area contributed by atoms with Gasteiger partial charge in [-0.3, -0.25) is 4.79 Å². The zero-order chi connectivity index (χ0) is 14.8. The number of fused-ring (bicyclic) bond motifs is 1. The molecule has 108 valence electrons. The normalized spacial score (nSPS) is 17.1. The lowest BCUT2D eigenvalue weighted by Crippen LogP contribution is -2.31. The third kappa shape index (κ3) is 2.77. The molecular formula is C18H20N2O. The van der Waals surface area contributed by atoms with E-state index in [-0.39, 0.29) is 11.9 Å². The summed E-state index contributed by atoms with van der Waals surface area (Å²) in [7, 11) is 0. The lowest BCUT2D eigenvalue weighted by Gasteiger charge is -2.26. The van der Waals surface area contributed by atoms with Crippen LogP contribution >= 0.6 is 0 Å². The molecule has 1 aliphatic rings. The molecule has 0 fully saturated rings. The molecule has 1 amide bonds. The van der Waals surface area contributed by atoms with Crippen LogP contribution in [-0.4, -0.2) is 5.91 Å². The van der Waals surface area contributed by atoms with E-state index in [9.17, 15) is 4.79 Å². The van der Waals surface area contributed by atoms with Crippen LogP contribution in [0.2, 0.25) is 0 Å². The number of nitrogens with one attached hydrogen (secondary N) is 1. The van der Waals surface area contributed by atoms with Gasteiger partial charge >= 0.3 is 0 Å². The van der Waals surface area contributed by atoms with E-state index < -0.39 is 0 Å². The summed E-state index contributed by atoms with van der Waals surface area (Å²) in [5.74, 6) is -0.0887. The number of rotatable bonds is 2. The Morgan fingerprint density at radius 1 is 1.24 bits per heavy atom. The first-order valence-corrected chi connectivity index (χ1v) is 7.40. The first-order valence-electron chi connectivity index (χ1n) is 7.40. The Bertz CT molecular complexity index is 679. The van der Waals surface area contributed by atoms with Gasteiger partial charge in [-0.25, -0.2) is 0 Å². The van der Waals surface area contributed by atoms with E-state index in [1.54, 1.807) is 6.07 Å². The molecule has 0 bridgehead atoms. The van der Waals surface area contributed by atoms with Gasteiger partial charge in [0.2, 0.25) is 0 Å². The number of amides is 1. The Morgan fingerprint density at radius 2 is 2.05 bits per heavy atom. The Hall–Kier alpha value is -2.29. The average molecular weight is 280 g/mol. The summed E-state index contributed by atoms with van der Waals surface area (Å²) in [6.45, 7) is 1.97. The number of benzene rings is 2. The number of aryl methyl sites for hydroxylation is 2. The summed E-state index contributed by atoms with van der Waals surface area (Å²) < 4.78 is 0. The molecule has 1 unspecified atom stereocenters. The highest BCUT2D eigenvalue weighted by Gasteiger charge is 2.22. The van der Waals surface area contributed by atoms with Crippen molar-refractivity contribution in [2.75, 3.05) is 5.73 Å². The van der Waals surface area contributed by atoms with Crippen molar-refractivity contribution in [2.45, 2.75) is 32.2 Å². The van der Waals surface area contributed by atoms with Crippen molar-refractivity contribution in [3.8, 4) is 0 Å². The summed E-state index contributed by atoms with van der Waals surface area (Å²) in [5.41, 5.74) is 10.7. The minimum atomic E-state index is -0.0887. The molecule has 0 saturated heterocycles. The summed E-state index contributed by atoms with van der Waals surface area (Å²) in [5, 5.41) is 3.13. The molecule has 3 heteroatoms. The highest BCUT2D eigenvalue weighted by Crippen LogP contribution is 2.30. The average Bonchev–Trinajstić information content (AvgIpc) is 2.47. The fourth-order valence-corrected chi connectivity index (χ4v) is 3.03. The van der Waals surface area contributed by atoms with Crippen molar-refractivity contribution in [3.05, 3.63) is 64.7 Å². The van der Waals surface area contributed by atoms with Crippen LogP contribution in [-0.2, 0) is 6.42 Å². The van der Waals surface area contributed by atoms with Crippen molar-refractivity contribution in [2.24, 2.45) is 0 Å². The minimum Gasteiger partial charge on any atom is -0.398 e. The summed E-state index contributed by atoms with van der Waals surface area (Å²) in [6, 6.07) is 14.0. The van der Waals surface area contributed by atoms with Crippen molar-refractivity contribution in [1.82, 2.24) is 5.32 Å². The molecule has 0 radical (unpaired) electrons. The highest BCUT2D eigenvalue weighted by atomic mass is 16.1. The lowest BCUT2D eigenvalue weighted by molar-refractivity contribution is 0.0933. The van der Waals surface area contributed by atoms with Crippen LogP contribution in [0.5, 0.6) is 0 Å². The first-order chi connectivity index (χ1) is 10.1. The van der Waals surface area contributed by atoms with Gasteiger partial charge < -0.3 is 11.1 Å². The largest absolute Gasteiger partial charge is 0.398 e. The second-order valence-corrected chi connectivity index (χ2v) is 5.71. The molecule has 3 N–H and O–H groups in total. The monoisotopic (exact) mass is 280 g/mol. The van der Waals surface area contributed by atoms with Crippen LogP contribution < -0.4 is 11.1 Å². The first kappa shape index (κ1) is 13.7. The Balaban J connectivity index is 1.83. The number of nitrogens with two attached hydrogens (primary N) is 1. The molecule has 3 rings (SSSR count). The standard InChI is InChI=1S/C18H20N2O/c1-12-9-10-15(16(19)11-12)18(21)20-17-8-4-6-13-5-2-3-7-14(13)17/h2-3,5,7,9-11,17H,4,6,8,19H2,1H3,(H,20,21). The maximum atomic E-state index is 12.5. The molecule has 0 aliphatic heterocycles. The van der Waals surface area contributed by atoms with E-state index >= 15 is 0 Å². The van der Waals surface area contributed by atoms with E-state index in [1.165, 1.54) is 11.1 Å². The third-order valence-electron chi connectivity index (χ3n) is 4.13. The van der Waals surface area contributed by atoms with Crippen LogP contribution in [0.3, 0.4) is 0 Å². The zero-order valence-electron chi connectivity index (χ0n) is 12.2. The van der Waals surface area contributed by atoms with Crippen molar-refractivity contribution in [3.63, 3.8) is 0 Å². The molecule has 0 spiro atoms. The SMILES string of the molecule is Cc1ccc(C(=O)NC2CCCc3ccccc32)c(N)c1. The molecular weight excluding hydrogens is 260 g/mol. The fraction of sp³-hybridized carbons (Fsp3) is 0.278. The van der Waals surface area contributed by atoms with Gasteiger partial charge in [0, 0.05) is 5.69 Å². The van der Waals surface area contributed by atoms with Gasteiger partial charge in [-0.1, -0.05) is 30.3 Å². The van der Waals surface area contributed by atoms with Crippen LogP contribution in [0.25, 0.3) is 0 Å². The molecule has 1 atom stereocenters. The predicted octanol–water partition coefficient (Wildman–Crippen LogP) is 3.38. The van der Waals surface area contributed by atoms with E-state index in [4.69, 9.17) is 5.73 Å². The maximum Gasteiger partial charge on any atom is 0.253 e. The molecule has 3 nitrogen and oxygen atoms in total. The number of hydrogen-bond donors (Lipinski definition) is 2. The molecule has 2 aromatic rings. The van der Waals surface area contributed by atoms with Gasteiger partial charge in [0.1, 0.15) is 0 Å². The fourth-order valence-electron chi connectivity index (χ4n) is 3.03. The zero-order valence-corrected chi connectivity index (χ0v) is 12.2. The minimum absolute atomic E-state index is 0.0863. The molecule has 21 heavy (non-hydrogen) atoms. The van der Waals surface area contributed by atoms with E-state index in [0.29, 0.717) is 11.3 Å². The predicted molar refractivity (Wildman–Crippen MR) is 85.2 cm³/mol. The molecule has 0 heterocycles. The topological polar surface area (TPSA) is 55.1 Å². The number of carbonyl (C=O) groups excluding carboxylic acids is 1. The third-order valence-corrected chi connectivity index (χ3v) is 4.13. The molecule has 0 aromatic heterocycles. The van der Waals surface area contributed by atoms with Crippen molar-refractivity contribution < 1.29 is 4.79 Å². The van der Waals surface area contributed by atoms with Gasteiger partial charge in [0.15, 0.2) is 0 Å². The molecule has 2 aromatic carbocycles. The maximum absolute atomic E-state index is 12.5. The van der Waals surface area contributed by atoms with Crippen molar-refractivity contribution >= 4 is 11.6 Å². The van der Waals surface area contributed by atoms with Crippen LogP contribution in [0.15, 0.2) is 42.5 Å². The van der Waals surface area contributed by atoms with Gasteiger partial charge in [-0.2, -0.15) is 0 Å². The summed E-state index contributed by atoms with van der Waals surface area (Å²) in [4.78, 5) is 12.5. The Labute approximate surface area is 125 Å². The summed E-state index contributed by atoms with van der Waals surface area (Å²) in [6.07, 6.45) is 3.18. The van der Waals surface area contributed by atoms with Crippen LogP contribution in [0.4, 0.5) is 5.69 Å². The highest BCUT2D eigenvalue weighted by molar-refractivity contribution is 5.99. The van der Waals surface area contributed by atoms with Crippen molar-refractivity contribution in [1.29, 1.82) is 0 Å². The second-order valence-electron chi connectivity index (χ2n) is 5.71. The molecule has 0 saturated carbocycles. The number of carbonyl (C=O) groups is 1. The van der Waals surface area contributed by atoms with Gasteiger partial charge in [-0.05, 0) is 55.0 Å². The quantitative estimate of drug-likeness (QED) is 0.829. The second kappa shape index (κ2) is 5.60. The number of nitrogen functional groups attached to an aromatic ring is 1. The molecule has 1 aliphatic carbocycles. The smallest absolute Gasteiger partial charge is 0.253 e. The van der Waals surface area contributed by atoms with Gasteiger partial charge in [0.25, 0.3) is 5.91 Å². The van der Waals surface area contributed by atoms with Gasteiger partial charge in [-0.15, -0.1) is 0 Å². The van der Waals surface area contributed by atoms with Crippen LogP contribution in [0, 0.1) is 6.92 Å². The van der Waals surface area contributed by atoms with E-state index in [1.807, 2.05) is 25.1 Å². The Morgan fingerprint density at radius 3 is 2.86 bits per heavy atom. The number of hydrogen-bond acceptors (Lipinski definition) is 2. The van der Waals surface area contributed by atoms with Crippen LogP contribution in [0.1, 0.15) is 45.9 Å². The van der Waals surface area contributed by atoms with E-state index in [0.717, 1.165) is 24.8 Å². The van der Waals surface area contributed by atoms with E-state index in [2.05, 4.69) is 23.5 Å².